The van der Waals surface area contributed by atoms with Gasteiger partial charge in [0.05, 0.1) is 20.0 Å². The number of aromatic nitrogens is 2. The second-order valence-electron chi connectivity index (χ2n) is 5.42. The third-order valence-electron chi connectivity index (χ3n) is 3.76. The summed E-state index contributed by atoms with van der Waals surface area (Å²) in [5.74, 6) is 0.742. The number of nitrogens with zero attached hydrogens (tertiary/aromatic N) is 2. The van der Waals surface area contributed by atoms with Crippen LogP contribution >= 0.6 is 27.3 Å². The number of fused-ring (bicyclic) bond motifs is 3. The van der Waals surface area contributed by atoms with Gasteiger partial charge in [-0.15, -0.1) is 0 Å². The van der Waals surface area contributed by atoms with Gasteiger partial charge in [-0.3, -0.25) is 4.79 Å². The van der Waals surface area contributed by atoms with E-state index in [0.717, 1.165) is 26.8 Å². The molecule has 124 valence electrons. The van der Waals surface area contributed by atoms with E-state index in [1.165, 1.54) is 11.3 Å². The molecule has 0 fully saturated rings. The molecule has 0 unspecified atom stereocenters. The highest BCUT2D eigenvalue weighted by atomic mass is 79.9. The molecule has 2 aromatic carbocycles. The molecule has 0 N–H and O–H groups in total. The van der Waals surface area contributed by atoms with Gasteiger partial charge in [0.15, 0.2) is 4.96 Å². The Bertz CT molecular complexity index is 1210. The van der Waals surface area contributed by atoms with Crippen molar-refractivity contribution < 1.29 is 4.74 Å². The summed E-state index contributed by atoms with van der Waals surface area (Å²) in [7, 11) is 0. The first-order chi connectivity index (χ1) is 12.2. The first kappa shape index (κ1) is 16.1. The molecule has 0 atom stereocenters. The molecule has 25 heavy (non-hydrogen) atoms. The van der Waals surface area contributed by atoms with Crippen LogP contribution in [0.2, 0.25) is 0 Å². The maximum Gasteiger partial charge on any atom is 0.274 e. The van der Waals surface area contributed by atoms with Gasteiger partial charge in [-0.05, 0) is 51.8 Å². The summed E-state index contributed by atoms with van der Waals surface area (Å²) in [6.07, 6.45) is 3.57. The Labute approximate surface area is 155 Å². The van der Waals surface area contributed by atoms with Crippen LogP contribution in [0.25, 0.3) is 22.1 Å². The molecule has 0 aliphatic rings. The molecule has 0 saturated carbocycles. The highest BCUT2D eigenvalue weighted by Crippen LogP contribution is 2.26. The summed E-state index contributed by atoms with van der Waals surface area (Å²) in [6.45, 7) is 4.08. The molecule has 2 heterocycles. The van der Waals surface area contributed by atoms with Crippen LogP contribution < -0.4 is 14.8 Å². The number of hydrogen-bond donors (Lipinski definition) is 0. The standard InChI is InChI=1S/C19H13BrN2O2S/c1-2-9-24-16-8-7-12(10-13(16)20)11-17-18(23)22-15-6-4-3-5-14(15)21-19(22)25-17/h2-8,10-11H,1,9H2/b17-11-. The molecule has 0 radical (unpaired) electrons. The fourth-order valence-electron chi connectivity index (χ4n) is 2.64. The van der Waals surface area contributed by atoms with E-state index >= 15 is 0 Å². The van der Waals surface area contributed by atoms with E-state index in [1.807, 2.05) is 48.5 Å². The van der Waals surface area contributed by atoms with Crippen molar-refractivity contribution in [1.29, 1.82) is 0 Å². The summed E-state index contributed by atoms with van der Waals surface area (Å²) < 4.78 is 8.70. The van der Waals surface area contributed by atoms with Crippen LogP contribution in [0.15, 0.2) is 64.4 Å². The van der Waals surface area contributed by atoms with E-state index in [9.17, 15) is 4.79 Å². The number of imidazole rings is 1. The predicted molar refractivity (Wildman–Crippen MR) is 105 cm³/mol. The van der Waals surface area contributed by atoms with Gasteiger partial charge in [0, 0.05) is 0 Å². The Hall–Kier alpha value is -2.44. The van der Waals surface area contributed by atoms with Crippen LogP contribution in [0.5, 0.6) is 5.75 Å². The first-order valence-corrected chi connectivity index (χ1v) is 9.23. The second kappa shape index (κ2) is 6.46. The largest absolute Gasteiger partial charge is 0.488 e. The smallest absolute Gasteiger partial charge is 0.274 e. The van der Waals surface area contributed by atoms with Crippen LogP contribution in [-0.4, -0.2) is 16.0 Å². The molecule has 4 aromatic rings. The number of para-hydroxylation sites is 2. The number of halogens is 1. The summed E-state index contributed by atoms with van der Waals surface area (Å²) in [5, 5.41) is 0. The lowest BCUT2D eigenvalue weighted by atomic mass is 10.2. The predicted octanol–water partition coefficient (Wildman–Crippen LogP) is 3.78. The maximum absolute atomic E-state index is 12.8. The van der Waals surface area contributed by atoms with Crippen LogP contribution in [-0.2, 0) is 0 Å². The van der Waals surface area contributed by atoms with E-state index in [4.69, 9.17) is 4.74 Å². The van der Waals surface area contributed by atoms with E-state index in [1.54, 1.807) is 10.5 Å². The summed E-state index contributed by atoms with van der Waals surface area (Å²) in [5.41, 5.74) is 2.55. The first-order valence-electron chi connectivity index (χ1n) is 7.62. The normalized spacial score (nSPS) is 12.1. The number of ether oxygens (including phenoxy) is 1. The van der Waals surface area contributed by atoms with Crippen molar-refractivity contribution >= 4 is 49.3 Å². The lowest BCUT2D eigenvalue weighted by Crippen LogP contribution is -2.22. The Balaban J connectivity index is 1.81. The van der Waals surface area contributed by atoms with Crippen molar-refractivity contribution in [2.75, 3.05) is 6.61 Å². The van der Waals surface area contributed by atoms with Crippen molar-refractivity contribution in [3.8, 4) is 5.75 Å². The van der Waals surface area contributed by atoms with E-state index in [2.05, 4.69) is 27.5 Å². The van der Waals surface area contributed by atoms with Gasteiger partial charge in [-0.25, -0.2) is 9.38 Å². The fraction of sp³-hybridized carbons (Fsp3) is 0.0526. The topological polar surface area (TPSA) is 43.6 Å². The Morgan fingerprint density at radius 2 is 2.12 bits per heavy atom. The average Bonchev–Trinajstić information content (AvgIpc) is 3.11. The molecule has 0 amide bonds. The van der Waals surface area contributed by atoms with E-state index in [-0.39, 0.29) is 5.56 Å². The Morgan fingerprint density at radius 1 is 1.28 bits per heavy atom. The van der Waals surface area contributed by atoms with Crippen molar-refractivity contribution in [3.05, 3.63) is 80.0 Å². The van der Waals surface area contributed by atoms with Gasteiger partial charge in [-0.1, -0.05) is 42.2 Å². The molecule has 4 nitrogen and oxygen atoms in total. The second-order valence-corrected chi connectivity index (χ2v) is 7.29. The minimum Gasteiger partial charge on any atom is -0.488 e. The molecule has 0 saturated heterocycles. The SMILES string of the molecule is C=CCOc1ccc(/C=c2\sc3nc4ccccc4n3c2=O)cc1Br. The number of thiazole rings is 1. The molecule has 4 rings (SSSR count). The zero-order valence-corrected chi connectivity index (χ0v) is 15.5. The van der Waals surface area contributed by atoms with Crippen LogP contribution in [0, 0.1) is 0 Å². The van der Waals surface area contributed by atoms with Crippen LogP contribution in [0.4, 0.5) is 0 Å². The highest BCUT2D eigenvalue weighted by Gasteiger charge is 2.10. The summed E-state index contributed by atoms with van der Waals surface area (Å²) in [4.78, 5) is 18.0. The molecule has 2 aromatic heterocycles. The summed E-state index contributed by atoms with van der Waals surface area (Å²) >= 11 is 4.89. The number of hydrogen-bond acceptors (Lipinski definition) is 4. The monoisotopic (exact) mass is 412 g/mol. The Kier molecular flexibility index (Phi) is 4.15. The van der Waals surface area contributed by atoms with Gasteiger partial charge in [0.1, 0.15) is 12.4 Å². The highest BCUT2D eigenvalue weighted by molar-refractivity contribution is 9.10. The zero-order chi connectivity index (χ0) is 17.4. The van der Waals surface area contributed by atoms with Gasteiger partial charge < -0.3 is 4.74 Å². The van der Waals surface area contributed by atoms with Crippen molar-refractivity contribution in [2.24, 2.45) is 0 Å². The molecular weight excluding hydrogens is 400 g/mol. The van der Waals surface area contributed by atoms with Crippen molar-refractivity contribution in [3.63, 3.8) is 0 Å². The molecule has 6 heteroatoms. The van der Waals surface area contributed by atoms with Gasteiger partial charge in [0.2, 0.25) is 0 Å². The lowest BCUT2D eigenvalue weighted by Gasteiger charge is -2.06. The van der Waals surface area contributed by atoms with Gasteiger partial charge >= 0.3 is 0 Å². The maximum atomic E-state index is 12.8. The minimum atomic E-state index is -0.0446. The van der Waals surface area contributed by atoms with E-state index in [0.29, 0.717) is 16.1 Å². The quantitative estimate of drug-likeness (QED) is 0.479. The summed E-state index contributed by atoms with van der Waals surface area (Å²) in [6, 6.07) is 13.4. The van der Waals surface area contributed by atoms with Gasteiger partial charge in [0.25, 0.3) is 5.56 Å². The average molecular weight is 413 g/mol. The van der Waals surface area contributed by atoms with E-state index < -0.39 is 0 Å². The molecular formula is C19H13BrN2O2S. The molecule has 0 bridgehead atoms. The molecule has 0 aliphatic carbocycles. The zero-order valence-electron chi connectivity index (χ0n) is 13.1. The number of rotatable bonds is 4. The fourth-order valence-corrected chi connectivity index (χ4v) is 4.13. The minimum absolute atomic E-state index is 0.0446. The molecule has 0 aliphatic heterocycles. The van der Waals surface area contributed by atoms with Crippen LogP contribution in [0.3, 0.4) is 0 Å². The van der Waals surface area contributed by atoms with Gasteiger partial charge in [-0.2, -0.15) is 0 Å². The van der Waals surface area contributed by atoms with Crippen molar-refractivity contribution in [1.82, 2.24) is 9.38 Å². The number of benzene rings is 2. The lowest BCUT2D eigenvalue weighted by molar-refractivity contribution is 0.361. The third-order valence-corrected chi connectivity index (χ3v) is 5.34. The third kappa shape index (κ3) is 2.88. The Morgan fingerprint density at radius 3 is 2.92 bits per heavy atom. The molecule has 0 spiro atoms. The van der Waals surface area contributed by atoms with Crippen molar-refractivity contribution in [2.45, 2.75) is 0 Å². The van der Waals surface area contributed by atoms with Crippen LogP contribution in [0.1, 0.15) is 5.56 Å².